The van der Waals surface area contributed by atoms with E-state index in [-0.39, 0.29) is 6.05 Å². The van der Waals surface area contributed by atoms with Crippen LogP contribution in [0.15, 0.2) is 36.6 Å². The molecule has 0 saturated heterocycles. The van der Waals surface area contributed by atoms with Crippen LogP contribution in [0.5, 0.6) is 0 Å². The summed E-state index contributed by atoms with van der Waals surface area (Å²) in [5.41, 5.74) is 0.726. The number of ether oxygens (including phenoxy) is 1. The lowest BCUT2D eigenvalue weighted by Gasteiger charge is -1.91. The quantitative estimate of drug-likeness (QED) is 0.493. The van der Waals surface area contributed by atoms with Gasteiger partial charge in [0.25, 0.3) is 0 Å². The molecule has 2 heteroatoms. The second-order valence-electron chi connectivity index (χ2n) is 2.24. The normalized spacial score (nSPS) is 12.1. The zero-order valence-electron chi connectivity index (χ0n) is 7.78. The van der Waals surface area contributed by atoms with E-state index < -0.39 is 5.97 Å². The van der Waals surface area contributed by atoms with Crippen LogP contribution in [0.4, 0.5) is 0 Å². The molecule has 1 aromatic carbocycles. The molecule has 0 fully saturated rings. The molecule has 0 saturated carbocycles. The Balaban J connectivity index is 2.73. The van der Waals surface area contributed by atoms with E-state index in [1.165, 1.54) is 6.92 Å². The molecule has 0 aromatic heterocycles. The smallest absolute Gasteiger partial charge is 0.307 e. The molecular weight excluding hydrogens is 152 g/mol. The lowest BCUT2D eigenvalue weighted by Crippen LogP contribution is -1.88. The van der Waals surface area contributed by atoms with E-state index in [0.717, 1.165) is 11.8 Å². The molecular formula is C10H10O2. The van der Waals surface area contributed by atoms with Gasteiger partial charge in [-0.05, 0) is 11.6 Å². The fourth-order valence-corrected chi connectivity index (χ4v) is 0.715. The van der Waals surface area contributed by atoms with Gasteiger partial charge in [0, 0.05) is 6.92 Å². The van der Waals surface area contributed by atoms with Crippen LogP contribution in [-0.2, 0) is 9.53 Å². The molecule has 0 aliphatic heterocycles. The number of rotatable bonds is 2. The topological polar surface area (TPSA) is 26.3 Å². The van der Waals surface area contributed by atoms with Crippen LogP contribution in [0.3, 0.4) is 0 Å². The highest BCUT2D eigenvalue weighted by atomic mass is 16.5. The van der Waals surface area contributed by atoms with E-state index in [4.69, 9.17) is 1.37 Å². The van der Waals surface area contributed by atoms with Gasteiger partial charge in [-0.3, -0.25) is 4.79 Å². The minimum Gasteiger partial charge on any atom is -0.435 e. The van der Waals surface area contributed by atoms with Gasteiger partial charge in [0.05, 0.1) is 7.63 Å². The van der Waals surface area contributed by atoms with E-state index in [2.05, 4.69) is 4.74 Å². The second kappa shape index (κ2) is 4.34. The molecule has 0 heterocycles. The molecule has 12 heavy (non-hydrogen) atoms. The Kier molecular flexibility index (Phi) is 2.57. The number of esters is 1. The van der Waals surface area contributed by atoms with Gasteiger partial charge < -0.3 is 4.74 Å². The van der Waals surface area contributed by atoms with Gasteiger partial charge in [-0.15, -0.1) is 0 Å². The summed E-state index contributed by atoms with van der Waals surface area (Å²) in [6.07, 6.45) is 1.14. The third-order valence-electron chi connectivity index (χ3n) is 1.22. The van der Waals surface area contributed by atoms with Crippen molar-refractivity contribution < 1.29 is 10.9 Å². The molecule has 0 amide bonds. The van der Waals surface area contributed by atoms with Crippen molar-refractivity contribution in [3.8, 4) is 0 Å². The predicted octanol–water partition coefficient (Wildman–Crippen LogP) is 2.22. The maximum atomic E-state index is 10.4. The zero-order chi connectivity index (χ0) is 9.68. The average Bonchev–Trinajstić information content (AvgIpc) is 2.15. The summed E-state index contributed by atoms with van der Waals surface area (Å²) in [5, 5.41) is 0. The first-order chi connectivity index (χ1) is 6.20. The molecule has 0 aliphatic carbocycles. The monoisotopic (exact) mass is 163 g/mol. The molecule has 2 nitrogen and oxygen atoms in total. The van der Waals surface area contributed by atoms with Crippen LogP contribution in [0.2, 0.25) is 0 Å². The Morgan fingerprint density at radius 3 is 2.75 bits per heavy atom. The standard InChI is InChI=1S/C10H10O2/c1-9(11)12-8-7-10-5-3-2-4-6-10/h2-8H,1H3/b8-7-/i7D. The van der Waals surface area contributed by atoms with Crippen LogP contribution < -0.4 is 0 Å². The van der Waals surface area contributed by atoms with Gasteiger partial charge in [-0.25, -0.2) is 0 Å². The van der Waals surface area contributed by atoms with Crippen LogP contribution >= 0.6 is 0 Å². The van der Waals surface area contributed by atoms with Crippen molar-refractivity contribution in [3.63, 3.8) is 0 Å². The number of carbonyl (C=O) groups excluding carboxylic acids is 1. The second-order valence-corrected chi connectivity index (χ2v) is 2.24. The van der Waals surface area contributed by atoms with Gasteiger partial charge in [0.15, 0.2) is 0 Å². The predicted molar refractivity (Wildman–Crippen MR) is 47.2 cm³/mol. The molecule has 0 radical (unpaired) electrons. The number of benzene rings is 1. The van der Waals surface area contributed by atoms with Crippen molar-refractivity contribution in [3.05, 3.63) is 42.2 Å². The average molecular weight is 163 g/mol. The van der Waals surface area contributed by atoms with Crippen molar-refractivity contribution >= 4 is 12.0 Å². The first kappa shape index (κ1) is 7.10. The molecule has 0 spiro atoms. The Hall–Kier alpha value is -1.57. The van der Waals surface area contributed by atoms with Crippen LogP contribution in [0.1, 0.15) is 13.9 Å². The summed E-state index contributed by atoms with van der Waals surface area (Å²) >= 11 is 0. The van der Waals surface area contributed by atoms with Crippen LogP contribution in [-0.4, -0.2) is 5.97 Å². The highest BCUT2D eigenvalue weighted by molar-refractivity contribution is 5.67. The Bertz CT molecular complexity index is 317. The number of carbonyl (C=O) groups is 1. The number of hydrogen-bond acceptors (Lipinski definition) is 2. The third kappa shape index (κ3) is 3.01. The summed E-state index contributed by atoms with van der Waals surface area (Å²) < 4.78 is 12.1. The third-order valence-corrected chi connectivity index (χ3v) is 1.22. The summed E-state index contributed by atoms with van der Waals surface area (Å²) in [7, 11) is 0. The summed E-state index contributed by atoms with van der Waals surface area (Å²) in [5.74, 6) is -0.416. The Labute approximate surface area is 72.9 Å². The van der Waals surface area contributed by atoms with Crippen molar-refractivity contribution in [2.45, 2.75) is 6.92 Å². The lowest BCUT2D eigenvalue weighted by molar-refractivity contribution is -0.135. The van der Waals surface area contributed by atoms with Crippen molar-refractivity contribution in [1.82, 2.24) is 0 Å². The zero-order valence-corrected chi connectivity index (χ0v) is 6.78. The fraction of sp³-hybridized carbons (Fsp3) is 0.100. The first-order valence-corrected chi connectivity index (χ1v) is 3.59. The molecule has 0 bridgehead atoms. The van der Waals surface area contributed by atoms with Crippen molar-refractivity contribution in [1.29, 1.82) is 0 Å². The molecule has 0 aliphatic rings. The molecule has 0 atom stereocenters. The largest absolute Gasteiger partial charge is 0.435 e. The van der Waals surface area contributed by atoms with Crippen LogP contribution in [0.25, 0.3) is 6.05 Å². The van der Waals surface area contributed by atoms with Crippen LogP contribution in [0, 0.1) is 0 Å². The Morgan fingerprint density at radius 1 is 1.50 bits per heavy atom. The van der Waals surface area contributed by atoms with Gasteiger partial charge in [0.1, 0.15) is 0 Å². The van der Waals surface area contributed by atoms with E-state index in [1.807, 2.05) is 18.2 Å². The van der Waals surface area contributed by atoms with E-state index in [1.54, 1.807) is 12.1 Å². The molecule has 62 valence electrons. The van der Waals surface area contributed by atoms with Crippen molar-refractivity contribution in [2.75, 3.05) is 0 Å². The minimum atomic E-state index is -0.416. The van der Waals surface area contributed by atoms with E-state index in [9.17, 15) is 4.79 Å². The van der Waals surface area contributed by atoms with Gasteiger partial charge in [-0.2, -0.15) is 0 Å². The minimum absolute atomic E-state index is 0.191. The highest BCUT2D eigenvalue weighted by Gasteiger charge is 1.85. The lowest BCUT2D eigenvalue weighted by atomic mass is 10.2. The molecule has 0 unspecified atom stereocenters. The number of hydrogen-bond donors (Lipinski definition) is 0. The summed E-state index contributed by atoms with van der Waals surface area (Å²) in [6.45, 7) is 1.30. The fourth-order valence-electron chi connectivity index (χ4n) is 0.715. The molecule has 0 N–H and O–H groups in total. The summed E-state index contributed by atoms with van der Waals surface area (Å²) in [4.78, 5) is 10.4. The SMILES string of the molecule is [2H]/C(=C/OC(C)=O)c1ccccc1. The molecule has 1 aromatic rings. The highest BCUT2D eigenvalue weighted by Crippen LogP contribution is 2.00. The molecule has 1 rings (SSSR count). The maximum absolute atomic E-state index is 10.4. The van der Waals surface area contributed by atoms with Crippen molar-refractivity contribution in [2.24, 2.45) is 0 Å². The van der Waals surface area contributed by atoms with E-state index in [0.29, 0.717) is 0 Å². The maximum Gasteiger partial charge on any atom is 0.307 e. The van der Waals surface area contributed by atoms with E-state index >= 15 is 0 Å². The van der Waals surface area contributed by atoms with Gasteiger partial charge in [-0.1, -0.05) is 30.3 Å². The van der Waals surface area contributed by atoms with Gasteiger partial charge >= 0.3 is 5.97 Å². The van der Waals surface area contributed by atoms with Gasteiger partial charge in [0.2, 0.25) is 0 Å². The first-order valence-electron chi connectivity index (χ1n) is 4.09. The Morgan fingerprint density at radius 2 is 2.17 bits per heavy atom. The summed E-state index contributed by atoms with van der Waals surface area (Å²) in [6, 6.07) is 9.26.